The van der Waals surface area contributed by atoms with E-state index >= 15 is 0 Å². The number of fused-ring (bicyclic) bond motifs is 1. The normalized spacial score (nSPS) is 12.1. The van der Waals surface area contributed by atoms with Crippen molar-refractivity contribution in [3.63, 3.8) is 0 Å². The summed E-state index contributed by atoms with van der Waals surface area (Å²) >= 11 is 12.6. The second-order valence-electron chi connectivity index (χ2n) is 9.83. The zero-order valence-corrected chi connectivity index (χ0v) is 23.9. The largest absolute Gasteiger partial charge is 0.413 e. The third kappa shape index (κ3) is 6.28. The summed E-state index contributed by atoms with van der Waals surface area (Å²) in [7, 11) is 5.86. The summed E-state index contributed by atoms with van der Waals surface area (Å²) in [6, 6.07) is 23.4. The molecule has 0 radical (unpaired) electrons. The highest BCUT2D eigenvalue weighted by Crippen LogP contribution is 2.38. The molecule has 5 aromatic rings. The zero-order chi connectivity index (χ0) is 28.2. The van der Waals surface area contributed by atoms with Crippen molar-refractivity contribution in [2.75, 3.05) is 27.2 Å². The lowest BCUT2D eigenvalue weighted by Gasteiger charge is -2.20. The van der Waals surface area contributed by atoms with Crippen LogP contribution in [0.15, 0.2) is 85.3 Å². The number of halogens is 2. The van der Waals surface area contributed by atoms with Gasteiger partial charge in [-0.25, -0.2) is 14.8 Å². The second-order valence-corrected chi connectivity index (χ2v) is 10.7. The fraction of sp³-hybridized carbons (Fsp3) is 0.194. The number of nitrogens with zero attached hydrogens (tertiary/aromatic N) is 4. The van der Waals surface area contributed by atoms with Crippen LogP contribution in [0.5, 0.6) is 5.88 Å². The number of hydrogen-bond donors (Lipinski definition) is 1. The number of nitrogens with one attached hydrogen (secondary N) is 1. The molecule has 1 unspecified atom stereocenters. The predicted octanol–water partition coefficient (Wildman–Crippen LogP) is 6.77. The van der Waals surface area contributed by atoms with E-state index in [0.29, 0.717) is 28.7 Å². The van der Waals surface area contributed by atoms with E-state index in [1.807, 2.05) is 97.5 Å². The number of carbonyl (C=O) groups excluding carboxylic acids is 1. The van der Waals surface area contributed by atoms with E-state index in [0.717, 1.165) is 33.3 Å². The average Bonchev–Trinajstić information content (AvgIpc) is 3.34. The maximum absolute atomic E-state index is 12.5. The molecule has 0 saturated heterocycles. The third-order valence-corrected chi connectivity index (χ3v) is 7.14. The number of rotatable bonds is 8. The van der Waals surface area contributed by atoms with E-state index < -0.39 is 6.09 Å². The van der Waals surface area contributed by atoms with E-state index in [4.69, 9.17) is 27.9 Å². The molecular formula is C31H29Cl2N5O2. The number of benzene rings is 3. The zero-order valence-electron chi connectivity index (χ0n) is 22.4. The number of carbonyl (C=O) groups is 1. The van der Waals surface area contributed by atoms with Gasteiger partial charge in [0, 0.05) is 53.5 Å². The molecule has 5 rings (SSSR count). The first kappa shape index (κ1) is 27.6. The van der Waals surface area contributed by atoms with Crippen molar-refractivity contribution >= 4 is 40.2 Å². The van der Waals surface area contributed by atoms with Crippen LogP contribution in [-0.2, 0) is 7.05 Å². The van der Waals surface area contributed by atoms with Crippen molar-refractivity contribution < 1.29 is 9.53 Å². The highest BCUT2D eigenvalue weighted by Gasteiger charge is 2.22. The SMILES string of the molecule is CN(C)CCNC(=O)Oc1cc(-c2cccc(Cl)c2)c2cc(C(c3ccc(Cl)cc3)c3cncn3C)ccc2n1. The molecule has 3 aromatic carbocycles. The first-order valence-corrected chi connectivity index (χ1v) is 13.6. The van der Waals surface area contributed by atoms with E-state index in [9.17, 15) is 4.79 Å². The van der Waals surface area contributed by atoms with Gasteiger partial charge in [-0.2, -0.15) is 0 Å². The minimum Gasteiger partial charge on any atom is -0.391 e. The van der Waals surface area contributed by atoms with Gasteiger partial charge >= 0.3 is 6.09 Å². The number of amides is 1. The summed E-state index contributed by atoms with van der Waals surface area (Å²) < 4.78 is 7.61. The van der Waals surface area contributed by atoms with Crippen molar-refractivity contribution in [1.29, 1.82) is 0 Å². The number of aryl methyl sites for hydroxylation is 1. The van der Waals surface area contributed by atoms with Crippen LogP contribution in [0.25, 0.3) is 22.0 Å². The maximum atomic E-state index is 12.5. The van der Waals surface area contributed by atoms with Crippen molar-refractivity contribution in [2.45, 2.75) is 5.92 Å². The standard InChI is InChI=1S/C31H29Cl2N5O2/c1-37(2)14-13-35-31(39)40-29-17-25(21-5-4-6-24(33)15-21)26-16-22(9-12-27(26)36-29)30(28-18-34-19-38(28)3)20-7-10-23(32)11-8-20/h4-12,15-19,30H,13-14H2,1-3H3,(H,35,39). The number of pyridine rings is 1. The fourth-order valence-corrected chi connectivity index (χ4v) is 5.01. The smallest absolute Gasteiger partial charge is 0.391 e. The van der Waals surface area contributed by atoms with Crippen LogP contribution in [-0.4, -0.2) is 52.7 Å². The van der Waals surface area contributed by atoms with Crippen LogP contribution in [0.3, 0.4) is 0 Å². The molecule has 9 heteroatoms. The van der Waals surface area contributed by atoms with Gasteiger partial charge in [-0.15, -0.1) is 0 Å². The Morgan fingerprint density at radius 2 is 1.77 bits per heavy atom. The molecule has 2 heterocycles. The third-order valence-electron chi connectivity index (χ3n) is 6.66. The number of aromatic nitrogens is 3. The first-order valence-electron chi connectivity index (χ1n) is 12.8. The topological polar surface area (TPSA) is 72.3 Å². The van der Waals surface area contributed by atoms with Crippen LogP contribution in [0.2, 0.25) is 10.0 Å². The van der Waals surface area contributed by atoms with Gasteiger partial charge in [-0.1, -0.05) is 53.5 Å². The highest BCUT2D eigenvalue weighted by molar-refractivity contribution is 6.31. The predicted molar refractivity (Wildman–Crippen MR) is 160 cm³/mol. The Kier molecular flexibility index (Phi) is 8.35. The molecule has 1 atom stereocenters. The lowest BCUT2D eigenvalue weighted by Crippen LogP contribution is -2.33. The van der Waals surface area contributed by atoms with Crippen LogP contribution >= 0.6 is 23.2 Å². The van der Waals surface area contributed by atoms with Gasteiger partial charge in [0.05, 0.1) is 17.8 Å². The minimum atomic E-state index is -0.554. The Morgan fingerprint density at radius 1 is 1.00 bits per heavy atom. The van der Waals surface area contributed by atoms with Crippen LogP contribution in [0, 0.1) is 0 Å². The molecule has 40 heavy (non-hydrogen) atoms. The highest BCUT2D eigenvalue weighted by atomic mass is 35.5. The van der Waals surface area contributed by atoms with Crippen LogP contribution in [0.4, 0.5) is 4.79 Å². The van der Waals surface area contributed by atoms with E-state index in [2.05, 4.69) is 21.4 Å². The average molecular weight is 575 g/mol. The number of ether oxygens (including phenoxy) is 1. The summed E-state index contributed by atoms with van der Waals surface area (Å²) in [5.41, 5.74) is 5.60. The van der Waals surface area contributed by atoms with Gasteiger partial charge in [-0.05, 0) is 72.7 Å². The molecule has 0 spiro atoms. The van der Waals surface area contributed by atoms with E-state index in [-0.39, 0.29) is 11.8 Å². The monoisotopic (exact) mass is 573 g/mol. The lowest BCUT2D eigenvalue weighted by atomic mass is 9.87. The summed E-state index contributed by atoms with van der Waals surface area (Å²) in [5.74, 6) is 0.109. The van der Waals surface area contributed by atoms with Crippen LogP contribution in [0.1, 0.15) is 22.7 Å². The minimum absolute atomic E-state index is 0.0974. The number of imidazole rings is 1. The molecule has 0 aliphatic rings. The van der Waals surface area contributed by atoms with Gasteiger partial charge < -0.3 is 19.5 Å². The van der Waals surface area contributed by atoms with Gasteiger partial charge in [-0.3, -0.25) is 0 Å². The first-order chi connectivity index (χ1) is 19.3. The number of hydrogen-bond acceptors (Lipinski definition) is 5. The fourth-order valence-electron chi connectivity index (χ4n) is 4.69. The molecule has 204 valence electrons. The van der Waals surface area contributed by atoms with Crippen LogP contribution < -0.4 is 10.1 Å². The lowest BCUT2D eigenvalue weighted by molar-refractivity contribution is 0.197. The molecule has 2 aromatic heterocycles. The van der Waals surface area contributed by atoms with Crippen molar-refractivity contribution in [2.24, 2.45) is 7.05 Å². The van der Waals surface area contributed by atoms with E-state index in [1.54, 1.807) is 12.4 Å². The van der Waals surface area contributed by atoms with Gasteiger partial charge in [0.2, 0.25) is 5.88 Å². The van der Waals surface area contributed by atoms with Gasteiger partial charge in [0.1, 0.15) is 0 Å². The molecule has 0 fully saturated rings. The Morgan fingerprint density at radius 3 is 2.48 bits per heavy atom. The maximum Gasteiger partial charge on any atom is 0.413 e. The summed E-state index contributed by atoms with van der Waals surface area (Å²) in [6.45, 7) is 1.16. The molecule has 0 saturated carbocycles. The Balaban J connectivity index is 1.62. The van der Waals surface area contributed by atoms with Gasteiger partial charge in [0.15, 0.2) is 0 Å². The Hall–Kier alpha value is -3.91. The second kappa shape index (κ2) is 12.1. The number of likely N-dealkylation sites (N-methyl/N-ethyl adjacent to an activating group) is 1. The molecular weight excluding hydrogens is 545 g/mol. The molecule has 0 aliphatic heterocycles. The van der Waals surface area contributed by atoms with Crippen molar-refractivity contribution in [1.82, 2.24) is 24.8 Å². The summed E-state index contributed by atoms with van der Waals surface area (Å²) in [4.78, 5) is 23.5. The molecule has 1 N–H and O–H groups in total. The van der Waals surface area contributed by atoms with Crippen molar-refractivity contribution in [3.8, 4) is 17.0 Å². The summed E-state index contributed by atoms with van der Waals surface area (Å²) in [5, 5.41) is 4.95. The molecule has 0 bridgehead atoms. The molecule has 1 amide bonds. The Bertz CT molecular complexity index is 1650. The summed E-state index contributed by atoms with van der Waals surface area (Å²) in [6.07, 6.45) is 3.12. The Labute approximate surface area is 243 Å². The quantitative estimate of drug-likeness (QED) is 0.222. The molecule has 7 nitrogen and oxygen atoms in total. The van der Waals surface area contributed by atoms with Gasteiger partial charge in [0.25, 0.3) is 0 Å². The molecule has 0 aliphatic carbocycles. The van der Waals surface area contributed by atoms with E-state index in [1.165, 1.54) is 0 Å². The van der Waals surface area contributed by atoms with Crippen molar-refractivity contribution in [3.05, 3.63) is 112 Å².